The van der Waals surface area contributed by atoms with Gasteiger partial charge >= 0.3 is 0 Å². The highest BCUT2D eigenvalue weighted by Gasteiger charge is 2.66. The Morgan fingerprint density at radius 1 is 1.14 bits per heavy atom. The summed E-state index contributed by atoms with van der Waals surface area (Å²) >= 11 is 1.01. The summed E-state index contributed by atoms with van der Waals surface area (Å²) in [4.78, 5) is 62.3. The summed E-state index contributed by atoms with van der Waals surface area (Å²) in [6.07, 6.45) is 1.58. The lowest BCUT2D eigenvalue weighted by atomic mass is 9.84. The number of nitrogens with zero attached hydrogens (tertiary/aromatic N) is 3. The molecular formula is C27H19N3O5S. The van der Waals surface area contributed by atoms with E-state index in [0.29, 0.717) is 21.8 Å². The molecule has 178 valence electrons. The van der Waals surface area contributed by atoms with Gasteiger partial charge in [0.2, 0.25) is 5.76 Å². The zero-order valence-electron chi connectivity index (χ0n) is 19.4. The van der Waals surface area contributed by atoms with E-state index in [4.69, 9.17) is 4.42 Å². The molecule has 1 atom stereocenters. The smallest absolute Gasteiger partial charge is 0.297 e. The fourth-order valence-electron chi connectivity index (χ4n) is 5.22. The van der Waals surface area contributed by atoms with Crippen molar-refractivity contribution in [2.24, 2.45) is 0 Å². The molecule has 1 unspecified atom stereocenters. The maximum atomic E-state index is 14.4. The lowest BCUT2D eigenvalue weighted by Gasteiger charge is -2.32. The molecule has 4 heterocycles. The van der Waals surface area contributed by atoms with Crippen molar-refractivity contribution in [3.8, 4) is 0 Å². The van der Waals surface area contributed by atoms with E-state index in [-0.39, 0.29) is 39.8 Å². The topological polar surface area (TPSA) is 101 Å². The molecule has 0 saturated carbocycles. The van der Waals surface area contributed by atoms with Gasteiger partial charge in [-0.25, -0.2) is 4.98 Å². The number of anilines is 2. The van der Waals surface area contributed by atoms with Crippen molar-refractivity contribution in [3.05, 3.63) is 98.9 Å². The van der Waals surface area contributed by atoms with Crippen LogP contribution in [0.3, 0.4) is 0 Å². The molecule has 0 N–H and O–H groups in total. The van der Waals surface area contributed by atoms with Crippen LogP contribution in [0.15, 0.2) is 70.4 Å². The molecule has 0 aliphatic carbocycles. The SMILES string of the molecule is C=CCN1C(=O)C2(c3ccccc31)c1c(oc3ccccc3c1=O)C(=O)N2c1nc(C)c(C(C)=O)s1. The summed E-state index contributed by atoms with van der Waals surface area (Å²) in [5, 5.41) is 0.402. The summed E-state index contributed by atoms with van der Waals surface area (Å²) in [5.74, 6) is -1.57. The van der Waals surface area contributed by atoms with Gasteiger partial charge < -0.3 is 9.32 Å². The molecule has 2 aliphatic heterocycles. The van der Waals surface area contributed by atoms with Crippen LogP contribution >= 0.6 is 11.3 Å². The number of Topliss-reactive ketones (excluding diaryl/α,β-unsaturated/α-hetero) is 1. The van der Waals surface area contributed by atoms with Crippen molar-refractivity contribution in [2.45, 2.75) is 19.4 Å². The minimum Gasteiger partial charge on any atom is -0.450 e. The van der Waals surface area contributed by atoms with Gasteiger partial charge in [-0.05, 0) is 25.1 Å². The average molecular weight is 498 g/mol. The zero-order chi connectivity index (χ0) is 25.4. The Hall–Kier alpha value is -4.37. The third-order valence-corrected chi connectivity index (χ3v) is 7.88. The van der Waals surface area contributed by atoms with Gasteiger partial charge in [-0.15, -0.1) is 6.58 Å². The van der Waals surface area contributed by atoms with Gasteiger partial charge in [0.25, 0.3) is 11.8 Å². The van der Waals surface area contributed by atoms with Crippen LogP contribution in [0.25, 0.3) is 11.0 Å². The van der Waals surface area contributed by atoms with Gasteiger partial charge in [0, 0.05) is 19.0 Å². The fourth-order valence-corrected chi connectivity index (χ4v) is 6.24. The first-order chi connectivity index (χ1) is 17.3. The van der Waals surface area contributed by atoms with E-state index in [2.05, 4.69) is 11.6 Å². The number of benzene rings is 2. The highest BCUT2D eigenvalue weighted by Crippen LogP contribution is 2.54. The van der Waals surface area contributed by atoms with Crippen molar-refractivity contribution < 1.29 is 18.8 Å². The van der Waals surface area contributed by atoms with Crippen LogP contribution in [-0.2, 0) is 10.3 Å². The number of aryl methyl sites for hydroxylation is 1. The minimum absolute atomic E-state index is 0.0487. The maximum Gasteiger partial charge on any atom is 0.297 e. The Kier molecular flexibility index (Phi) is 4.65. The lowest BCUT2D eigenvalue weighted by Crippen LogP contribution is -2.53. The number of thiazole rings is 1. The predicted molar refractivity (Wildman–Crippen MR) is 136 cm³/mol. The molecule has 36 heavy (non-hydrogen) atoms. The van der Waals surface area contributed by atoms with Crippen LogP contribution in [0.2, 0.25) is 0 Å². The van der Waals surface area contributed by atoms with Crippen molar-refractivity contribution in [1.29, 1.82) is 0 Å². The van der Waals surface area contributed by atoms with E-state index < -0.39 is 22.8 Å². The fraction of sp³-hybridized carbons (Fsp3) is 0.148. The Labute approximate surface area is 209 Å². The monoisotopic (exact) mass is 497 g/mol. The second-order valence-corrected chi connectivity index (χ2v) is 9.65. The Morgan fingerprint density at radius 2 is 1.86 bits per heavy atom. The summed E-state index contributed by atoms with van der Waals surface area (Å²) < 4.78 is 6.01. The first-order valence-corrected chi connectivity index (χ1v) is 12.1. The summed E-state index contributed by atoms with van der Waals surface area (Å²) in [6, 6.07) is 13.7. The van der Waals surface area contributed by atoms with Crippen molar-refractivity contribution in [2.75, 3.05) is 16.3 Å². The zero-order valence-corrected chi connectivity index (χ0v) is 20.2. The molecule has 8 nitrogen and oxygen atoms in total. The molecule has 2 aliphatic rings. The molecule has 9 heteroatoms. The van der Waals surface area contributed by atoms with Crippen LogP contribution < -0.4 is 15.2 Å². The molecule has 0 radical (unpaired) electrons. The number of para-hydroxylation sites is 2. The molecular weight excluding hydrogens is 478 g/mol. The minimum atomic E-state index is -1.84. The van der Waals surface area contributed by atoms with E-state index >= 15 is 0 Å². The Bertz CT molecular complexity index is 1720. The van der Waals surface area contributed by atoms with Crippen molar-refractivity contribution >= 4 is 50.7 Å². The van der Waals surface area contributed by atoms with E-state index in [0.717, 1.165) is 11.3 Å². The maximum absolute atomic E-state index is 14.4. The van der Waals surface area contributed by atoms with Crippen LogP contribution in [0, 0.1) is 6.92 Å². The van der Waals surface area contributed by atoms with Crippen LogP contribution in [-0.4, -0.2) is 29.1 Å². The van der Waals surface area contributed by atoms with Crippen LogP contribution in [0.5, 0.6) is 0 Å². The van der Waals surface area contributed by atoms with Crippen LogP contribution in [0.1, 0.15) is 44.0 Å². The van der Waals surface area contributed by atoms with E-state index in [1.807, 2.05) is 0 Å². The molecule has 0 bridgehead atoms. The molecule has 0 fully saturated rings. The Morgan fingerprint density at radius 3 is 2.58 bits per heavy atom. The normalized spacial score (nSPS) is 18.3. The number of hydrogen-bond donors (Lipinski definition) is 0. The van der Waals surface area contributed by atoms with Gasteiger partial charge in [0.05, 0.1) is 27.2 Å². The summed E-state index contributed by atoms with van der Waals surface area (Å²) in [7, 11) is 0. The number of hydrogen-bond acceptors (Lipinski definition) is 7. The quantitative estimate of drug-likeness (QED) is 0.310. The van der Waals surface area contributed by atoms with Gasteiger partial charge in [0.15, 0.2) is 21.9 Å². The third-order valence-electron chi connectivity index (χ3n) is 6.64. The van der Waals surface area contributed by atoms with Gasteiger partial charge in [-0.3, -0.25) is 24.1 Å². The Balaban J connectivity index is 1.77. The number of rotatable bonds is 4. The largest absolute Gasteiger partial charge is 0.450 e. The van der Waals surface area contributed by atoms with E-state index in [1.54, 1.807) is 61.5 Å². The van der Waals surface area contributed by atoms with E-state index in [9.17, 15) is 19.2 Å². The highest BCUT2D eigenvalue weighted by molar-refractivity contribution is 7.17. The molecule has 2 amide bonds. The summed E-state index contributed by atoms with van der Waals surface area (Å²) in [5.41, 5.74) is -0.654. The summed E-state index contributed by atoms with van der Waals surface area (Å²) in [6.45, 7) is 7.03. The van der Waals surface area contributed by atoms with Gasteiger partial charge in [-0.1, -0.05) is 47.7 Å². The van der Waals surface area contributed by atoms with Crippen molar-refractivity contribution in [1.82, 2.24) is 4.98 Å². The van der Waals surface area contributed by atoms with Crippen molar-refractivity contribution in [3.63, 3.8) is 0 Å². The number of carbonyl (C=O) groups excluding carboxylic acids is 3. The molecule has 2 aromatic heterocycles. The number of carbonyl (C=O) groups is 3. The molecule has 1 spiro atoms. The van der Waals surface area contributed by atoms with E-state index in [1.165, 1.54) is 16.7 Å². The number of fused-ring (bicyclic) bond motifs is 5. The number of ketones is 1. The lowest BCUT2D eigenvalue weighted by molar-refractivity contribution is -0.121. The third kappa shape index (κ3) is 2.60. The first kappa shape index (κ1) is 22.1. The second kappa shape index (κ2) is 7.56. The van der Waals surface area contributed by atoms with Gasteiger partial charge in [-0.2, -0.15) is 0 Å². The average Bonchev–Trinajstić information content (AvgIpc) is 3.45. The second-order valence-electron chi connectivity index (χ2n) is 8.67. The predicted octanol–water partition coefficient (Wildman–Crippen LogP) is 4.20. The molecule has 2 aromatic carbocycles. The number of amides is 2. The molecule has 6 rings (SSSR count). The number of aromatic nitrogens is 1. The molecule has 0 saturated heterocycles. The van der Waals surface area contributed by atoms with Gasteiger partial charge in [0.1, 0.15) is 5.58 Å². The highest BCUT2D eigenvalue weighted by atomic mass is 32.1. The molecule has 4 aromatic rings. The van der Waals surface area contributed by atoms with Crippen LogP contribution in [0.4, 0.5) is 10.8 Å². The first-order valence-electron chi connectivity index (χ1n) is 11.2. The standard InChI is InChI=1S/C27H19N3O5S/c1-4-13-29-18-11-7-6-10-17(18)27(25(29)34)20-21(32)16-9-5-8-12-19(16)35-22(20)24(33)30(27)26-28-14(2)23(36-26)15(3)31/h4-12H,1,13H2,2-3H3.